The van der Waals surface area contributed by atoms with Crippen LogP contribution in [0.3, 0.4) is 0 Å². The van der Waals surface area contributed by atoms with Gasteiger partial charge in [-0.3, -0.25) is 14.4 Å². The van der Waals surface area contributed by atoms with Crippen molar-refractivity contribution < 1.29 is 5.11 Å². The van der Waals surface area contributed by atoms with E-state index in [1.54, 1.807) is 6.92 Å². The molecule has 0 fully saturated rings. The van der Waals surface area contributed by atoms with Crippen LogP contribution in [0.5, 0.6) is 5.88 Å². The Hall–Kier alpha value is -2.87. The average molecular weight is 295 g/mol. The lowest BCUT2D eigenvalue weighted by molar-refractivity contribution is 0.421. The molecule has 0 radical (unpaired) electrons. The van der Waals surface area contributed by atoms with E-state index in [2.05, 4.69) is 4.99 Å². The maximum Gasteiger partial charge on any atom is 0.271 e. The summed E-state index contributed by atoms with van der Waals surface area (Å²) in [6, 6.07) is 7.74. The van der Waals surface area contributed by atoms with Crippen molar-refractivity contribution in [2.75, 3.05) is 0 Å². The molecule has 0 aliphatic rings. The summed E-state index contributed by atoms with van der Waals surface area (Å²) in [7, 11) is 1.42. The van der Waals surface area contributed by atoms with Crippen molar-refractivity contribution >= 4 is 11.9 Å². The zero-order valence-electron chi connectivity index (χ0n) is 13.0. The van der Waals surface area contributed by atoms with Gasteiger partial charge in [-0.05, 0) is 37.5 Å². The Kier molecular flexibility index (Phi) is 4.13. The SMILES string of the molecule is Cc1cccc(C)c1N=Cc1c(C)c(C#N)c(=O)n(C)c1O. The van der Waals surface area contributed by atoms with E-state index in [1.807, 2.05) is 38.1 Å². The first-order chi connectivity index (χ1) is 10.4. The van der Waals surface area contributed by atoms with Gasteiger partial charge in [-0.2, -0.15) is 5.26 Å². The van der Waals surface area contributed by atoms with Crippen LogP contribution in [0.15, 0.2) is 28.0 Å². The Labute approximate surface area is 128 Å². The Bertz CT molecular complexity index is 851. The summed E-state index contributed by atoms with van der Waals surface area (Å²) in [6.07, 6.45) is 1.50. The van der Waals surface area contributed by atoms with E-state index in [0.29, 0.717) is 11.1 Å². The van der Waals surface area contributed by atoms with Crippen LogP contribution in [-0.2, 0) is 7.05 Å². The first kappa shape index (κ1) is 15.5. The standard InChI is InChI=1S/C17H17N3O2/c1-10-6-5-7-11(2)15(10)19-9-14-12(3)13(8-18)16(21)20(4)17(14)22/h5-7,9,22H,1-4H3. The van der Waals surface area contributed by atoms with Gasteiger partial charge >= 0.3 is 0 Å². The second-order valence-electron chi connectivity index (χ2n) is 5.21. The van der Waals surface area contributed by atoms with Crippen LogP contribution >= 0.6 is 0 Å². The van der Waals surface area contributed by atoms with E-state index in [9.17, 15) is 9.90 Å². The predicted octanol–water partition coefficient (Wildman–Crippen LogP) is 2.64. The van der Waals surface area contributed by atoms with E-state index in [-0.39, 0.29) is 11.4 Å². The fraction of sp³-hybridized carbons (Fsp3) is 0.235. The second-order valence-corrected chi connectivity index (χ2v) is 5.21. The normalized spacial score (nSPS) is 10.9. The van der Waals surface area contributed by atoms with Crippen LogP contribution < -0.4 is 5.56 Å². The van der Waals surface area contributed by atoms with Gasteiger partial charge in [0.1, 0.15) is 11.6 Å². The number of pyridine rings is 1. The van der Waals surface area contributed by atoms with E-state index in [0.717, 1.165) is 21.4 Å². The third-order valence-corrected chi connectivity index (χ3v) is 3.73. The lowest BCUT2D eigenvalue weighted by Gasteiger charge is -2.10. The minimum Gasteiger partial charge on any atom is -0.494 e. The maximum atomic E-state index is 11.9. The smallest absolute Gasteiger partial charge is 0.271 e. The number of aromatic hydroxyl groups is 1. The highest BCUT2D eigenvalue weighted by atomic mass is 16.3. The molecule has 1 N–H and O–H groups in total. The summed E-state index contributed by atoms with van der Waals surface area (Å²) in [6.45, 7) is 5.54. The number of hydrogen-bond acceptors (Lipinski definition) is 4. The molecule has 1 aromatic heterocycles. The summed E-state index contributed by atoms with van der Waals surface area (Å²) < 4.78 is 1.05. The maximum absolute atomic E-state index is 11.9. The highest BCUT2D eigenvalue weighted by Crippen LogP contribution is 2.25. The molecule has 22 heavy (non-hydrogen) atoms. The van der Waals surface area contributed by atoms with Crippen LogP contribution in [0.2, 0.25) is 0 Å². The molecule has 0 amide bonds. The molecule has 112 valence electrons. The van der Waals surface area contributed by atoms with Gasteiger partial charge in [-0.15, -0.1) is 0 Å². The number of aromatic nitrogens is 1. The molecule has 5 nitrogen and oxygen atoms in total. The summed E-state index contributed by atoms with van der Waals surface area (Å²) in [5.74, 6) is -0.198. The summed E-state index contributed by atoms with van der Waals surface area (Å²) >= 11 is 0. The second kappa shape index (κ2) is 5.86. The minimum absolute atomic E-state index is 0.0169. The molecule has 1 aromatic carbocycles. The Morgan fingerprint density at radius 1 is 1.27 bits per heavy atom. The van der Waals surface area contributed by atoms with Crippen molar-refractivity contribution in [3.05, 3.63) is 56.4 Å². The number of benzene rings is 1. The third kappa shape index (κ3) is 2.51. The highest BCUT2D eigenvalue weighted by Gasteiger charge is 2.15. The fourth-order valence-corrected chi connectivity index (χ4v) is 2.33. The molecule has 2 rings (SSSR count). The lowest BCUT2D eigenvalue weighted by Crippen LogP contribution is -2.22. The monoisotopic (exact) mass is 295 g/mol. The number of aliphatic imine (C=N–C) groups is 1. The first-order valence-corrected chi connectivity index (χ1v) is 6.81. The third-order valence-electron chi connectivity index (χ3n) is 3.73. The molecule has 0 saturated carbocycles. The largest absolute Gasteiger partial charge is 0.494 e. The van der Waals surface area contributed by atoms with Crippen molar-refractivity contribution in [1.29, 1.82) is 5.26 Å². The molecule has 5 heteroatoms. The Morgan fingerprint density at radius 3 is 2.41 bits per heavy atom. The van der Waals surface area contributed by atoms with Gasteiger partial charge in [0.2, 0.25) is 5.88 Å². The lowest BCUT2D eigenvalue weighted by atomic mass is 10.1. The van der Waals surface area contributed by atoms with Gasteiger partial charge in [0.15, 0.2) is 0 Å². The minimum atomic E-state index is -0.512. The summed E-state index contributed by atoms with van der Waals surface area (Å²) in [5, 5.41) is 19.3. The first-order valence-electron chi connectivity index (χ1n) is 6.81. The molecule has 1 heterocycles. The number of aryl methyl sites for hydroxylation is 2. The predicted molar refractivity (Wildman–Crippen MR) is 86.0 cm³/mol. The number of nitrogens with zero attached hydrogens (tertiary/aromatic N) is 3. The number of hydrogen-bond donors (Lipinski definition) is 1. The van der Waals surface area contributed by atoms with Crippen LogP contribution in [0.25, 0.3) is 0 Å². The van der Waals surface area contributed by atoms with Gasteiger partial charge in [0.25, 0.3) is 5.56 Å². The number of nitriles is 1. The van der Waals surface area contributed by atoms with Crippen molar-refractivity contribution in [2.45, 2.75) is 20.8 Å². The average Bonchev–Trinajstić information content (AvgIpc) is 2.48. The molecule has 0 aliphatic heterocycles. The highest BCUT2D eigenvalue weighted by molar-refractivity contribution is 5.87. The van der Waals surface area contributed by atoms with Crippen molar-refractivity contribution in [1.82, 2.24) is 4.57 Å². The molecular formula is C17H17N3O2. The van der Waals surface area contributed by atoms with Gasteiger partial charge in [-0.1, -0.05) is 18.2 Å². The number of para-hydroxylation sites is 1. The van der Waals surface area contributed by atoms with Gasteiger partial charge in [0, 0.05) is 13.3 Å². The topological polar surface area (TPSA) is 78.4 Å². The van der Waals surface area contributed by atoms with E-state index in [4.69, 9.17) is 5.26 Å². The van der Waals surface area contributed by atoms with Crippen LogP contribution in [0.4, 0.5) is 5.69 Å². The van der Waals surface area contributed by atoms with Crippen LogP contribution in [-0.4, -0.2) is 15.9 Å². The molecule has 0 unspecified atom stereocenters. The van der Waals surface area contributed by atoms with Gasteiger partial charge < -0.3 is 5.11 Å². The van der Waals surface area contributed by atoms with Crippen LogP contribution in [0.1, 0.15) is 27.8 Å². The molecule has 0 saturated heterocycles. The van der Waals surface area contributed by atoms with Gasteiger partial charge in [-0.25, -0.2) is 0 Å². The van der Waals surface area contributed by atoms with Crippen molar-refractivity contribution in [2.24, 2.45) is 12.0 Å². The van der Waals surface area contributed by atoms with Crippen molar-refractivity contribution in [3.63, 3.8) is 0 Å². The zero-order chi connectivity index (χ0) is 16.4. The van der Waals surface area contributed by atoms with E-state index >= 15 is 0 Å². The van der Waals surface area contributed by atoms with E-state index < -0.39 is 5.56 Å². The number of rotatable bonds is 2. The Morgan fingerprint density at radius 2 is 1.86 bits per heavy atom. The Balaban J connectivity index is 2.65. The molecule has 0 bridgehead atoms. The molecule has 2 aromatic rings. The quantitative estimate of drug-likeness (QED) is 0.865. The molecule has 0 aliphatic carbocycles. The van der Waals surface area contributed by atoms with Gasteiger partial charge in [0.05, 0.1) is 11.3 Å². The van der Waals surface area contributed by atoms with E-state index in [1.165, 1.54) is 13.3 Å². The molecule has 0 spiro atoms. The molecule has 0 atom stereocenters. The van der Waals surface area contributed by atoms with Crippen LogP contribution in [0, 0.1) is 32.1 Å². The fourth-order valence-electron chi connectivity index (χ4n) is 2.33. The zero-order valence-corrected chi connectivity index (χ0v) is 13.0. The van der Waals surface area contributed by atoms with Crippen molar-refractivity contribution in [3.8, 4) is 11.9 Å². The summed E-state index contributed by atoms with van der Waals surface area (Å²) in [5.41, 5.74) is 3.15. The molecular weight excluding hydrogens is 278 g/mol. The summed E-state index contributed by atoms with van der Waals surface area (Å²) in [4.78, 5) is 16.3.